The largest absolute Gasteiger partial charge is 0.508 e. The van der Waals surface area contributed by atoms with Gasteiger partial charge >= 0.3 is 5.97 Å². The Kier molecular flexibility index (Phi) is 3.43. The van der Waals surface area contributed by atoms with Crippen molar-refractivity contribution in [2.24, 2.45) is 5.92 Å². The average molecular weight is 259 g/mol. The van der Waals surface area contributed by atoms with E-state index in [9.17, 15) is 19.8 Å². The number of carboxylic acids is 1. The third kappa shape index (κ3) is 2.52. The van der Waals surface area contributed by atoms with Gasteiger partial charge in [0.15, 0.2) is 6.04 Å². The fraction of sp³-hybridized carbons (Fsp3) is 0.286. The van der Waals surface area contributed by atoms with Crippen LogP contribution in [-0.4, -0.2) is 33.5 Å². The first-order valence-electron chi connectivity index (χ1n) is 5.80. The van der Waals surface area contributed by atoms with Gasteiger partial charge in [0.25, 0.3) is 0 Å². The highest BCUT2D eigenvalue weighted by Gasteiger charge is 2.37. The van der Waals surface area contributed by atoms with E-state index in [-0.39, 0.29) is 30.5 Å². The van der Waals surface area contributed by atoms with Gasteiger partial charge in [-0.2, -0.15) is 0 Å². The number of aromatic hydroxyl groups is 1. The second kappa shape index (κ2) is 5.02. The molecule has 1 aliphatic rings. The molecule has 0 aromatic heterocycles. The normalized spacial score (nSPS) is 20.1. The van der Waals surface area contributed by atoms with Crippen molar-refractivity contribution in [3.05, 3.63) is 29.8 Å². The number of phenolic OH excluding ortho intramolecular Hbond substituents is 1. The molecule has 0 bridgehead atoms. The first kappa shape index (κ1) is 13.0. The molecule has 1 aliphatic heterocycles. The van der Waals surface area contributed by atoms with Gasteiger partial charge in [-0.3, -0.25) is 4.79 Å². The van der Waals surface area contributed by atoms with E-state index < -0.39 is 12.0 Å². The van der Waals surface area contributed by atoms with Crippen LogP contribution in [0.2, 0.25) is 0 Å². The summed E-state index contributed by atoms with van der Waals surface area (Å²) in [7, 11) is 0. The molecule has 1 unspecified atom stereocenters. The van der Waals surface area contributed by atoms with Gasteiger partial charge in [0.05, 0.1) is 0 Å². The minimum absolute atomic E-state index is 0.0436. The molecule has 0 aliphatic carbocycles. The molecule has 2 rings (SSSR count). The number of hydrogen-bond acceptors (Lipinski definition) is 3. The van der Waals surface area contributed by atoms with Gasteiger partial charge in [-0.05, 0) is 17.7 Å². The van der Waals surface area contributed by atoms with Gasteiger partial charge in [0, 0.05) is 18.9 Å². The highest BCUT2D eigenvalue weighted by atomic mass is 16.4. The lowest BCUT2D eigenvalue weighted by molar-refractivity contribution is -0.148. The number of carbonyl (C=O) groups is 2. The van der Waals surface area contributed by atoms with Gasteiger partial charge < -0.3 is 15.1 Å². The minimum Gasteiger partial charge on any atom is -0.508 e. The number of amides is 1. The molecule has 0 spiro atoms. The number of likely N-dealkylation sites (tertiary alicyclic amines) is 1. The van der Waals surface area contributed by atoms with Gasteiger partial charge in [0.1, 0.15) is 5.75 Å². The highest BCUT2D eigenvalue weighted by molar-refractivity contribution is 5.86. The molecule has 98 valence electrons. The number of carbonyl (C=O) groups excluding carboxylic acids is 1. The Hall–Kier alpha value is -2.48. The van der Waals surface area contributed by atoms with Crippen LogP contribution in [0.3, 0.4) is 0 Å². The molecule has 1 saturated heterocycles. The predicted molar refractivity (Wildman–Crippen MR) is 67.1 cm³/mol. The molecule has 5 nitrogen and oxygen atoms in total. The van der Waals surface area contributed by atoms with E-state index in [0.717, 1.165) is 0 Å². The lowest BCUT2D eigenvalue weighted by Gasteiger charge is -2.24. The molecule has 2 atom stereocenters. The molecule has 1 fully saturated rings. The molecule has 1 amide bonds. The number of benzene rings is 1. The number of carboxylic acid groups (broad SMARTS) is 1. The Labute approximate surface area is 110 Å². The molecule has 1 aromatic carbocycles. The standard InChI is InChI=1S/C14H13NO4/c1-2-9-7-12(17)15(8-9)13(14(18)19)10-3-5-11(16)6-4-10/h1,3-6,9,13,16H,7-8H2,(H,18,19)/t9?,13-/m1/s1. The molecular weight excluding hydrogens is 246 g/mol. The SMILES string of the molecule is C#CC1CC(=O)N([C@@H](C(=O)O)c2ccc(O)cc2)C1. The number of phenols is 1. The van der Waals surface area contributed by atoms with E-state index in [2.05, 4.69) is 5.92 Å². The summed E-state index contributed by atoms with van der Waals surface area (Å²) in [6, 6.07) is 4.70. The lowest BCUT2D eigenvalue weighted by atomic mass is 10.1. The molecule has 5 heteroatoms. The Morgan fingerprint density at radius 1 is 1.42 bits per heavy atom. The van der Waals surface area contributed by atoms with Crippen LogP contribution in [0.1, 0.15) is 18.0 Å². The number of aliphatic carboxylic acids is 1. The van der Waals surface area contributed by atoms with Crippen molar-refractivity contribution in [2.45, 2.75) is 12.5 Å². The summed E-state index contributed by atoms with van der Waals surface area (Å²) < 4.78 is 0. The molecule has 1 heterocycles. The summed E-state index contributed by atoms with van der Waals surface area (Å²) in [5, 5.41) is 18.5. The van der Waals surface area contributed by atoms with E-state index in [1.165, 1.54) is 29.2 Å². The van der Waals surface area contributed by atoms with E-state index in [1.54, 1.807) is 0 Å². The Morgan fingerprint density at radius 3 is 2.53 bits per heavy atom. The van der Waals surface area contributed by atoms with Crippen molar-refractivity contribution in [1.82, 2.24) is 4.90 Å². The zero-order valence-corrected chi connectivity index (χ0v) is 10.1. The zero-order valence-electron chi connectivity index (χ0n) is 10.1. The summed E-state index contributed by atoms with van der Waals surface area (Å²) in [4.78, 5) is 24.5. The monoisotopic (exact) mass is 259 g/mol. The topological polar surface area (TPSA) is 77.8 Å². The number of nitrogens with zero attached hydrogens (tertiary/aromatic N) is 1. The summed E-state index contributed by atoms with van der Waals surface area (Å²) >= 11 is 0. The minimum atomic E-state index is -1.11. The summed E-state index contributed by atoms with van der Waals surface area (Å²) in [5.41, 5.74) is 0.441. The molecule has 2 N–H and O–H groups in total. The molecular formula is C14H13NO4. The van der Waals surface area contributed by atoms with Crippen molar-refractivity contribution < 1.29 is 19.8 Å². The van der Waals surface area contributed by atoms with Gasteiger partial charge in [-0.25, -0.2) is 4.79 Å². The number of hydrogen-bond donors (Lipinski definition) is 2. The first-order chi connectivity index (χ1) is 9.02. The third-order valence-electron chi connectivity index (χ3n) is 3.15. The van der Waals surface area contributed by atoms with E-state index in [4.69, 9.17) is 6.42 Å². The van der Waals surface area contributed by atoms with Crippen LogP contribution in [0.15, 0.2) is 24.3 Å². The van der Waals surface area contributed by atoms with Gasteiger partial charge in [-0.1, -0.05) is 12.1 Å². The fourth-order valence-electron chi connectivity index (χ4n) is 2.21. The van der Waals surface area contributed by atoms with Crippen LogP contribution >= 0.6 is 0 Å². The molecule has 0 radical (unpaired) electrons. The molecule has 1 aromatic rings. The van der Waals surface area contributed by atoms with Crippen molar-refractivity contribution >= 4 is 11.9 Å². The maximum Gasteiger partial charge on any atom is 0.331 e. The quantitative estimate of drug-likeness (QED) is 0.794. The van der Waals surface area contributed by atoms with Crippen LogP contribution in [0.4, 0.5) is 0 Å². The van der Waals surface area contributed by atoms with E-state index in [1.807, 2.05) is 0 Å². The number of terminal acetylenes is 1. The van der Waals surface area contributed by atoms with Crippen LogP contribution in [0.25, 0.3) is 0 Å². The fourth-order valence-corrected chi connectivity index (χ4v) is 2.21. The van der Waals surface area contributed by atoms with E-state index in [0.29, 0.717) is 5.56 Å². The van der Waals surface area contributed by atoms with Crippen LogP contribution < -0.4 is 0 Å². The second-order valence-corrected chi connectivity index (χ2v) is 4.45. The van der Waals surface area contributed by atoms with Crippen molar-refractivity contribution in [3.8, 4) is 18.1 Å². The Bertz CT molecular complexity index is 544. The van der Waals surface area contributed by atoms with Gasteiger partial charge in [0.2, 0.25) is 5.91 Å². The van der Waals surface area contributed by atoms with Crippen LogP contribution in [-0.2, 0) is 9.59 Å². The summed E-state index contributed by atoms with van der Waals surface area (Å²) in [5.74, 6) is 0.908. The van der Waals surface area contributed by atoms with Crippen molar-refractivity contribution in [2.75, 3.05) is 6.54 Å². The maximum absolute atomic E-state index is 11.8. The number of rotatable bonds is 3. The van der Waals surface area contributed by atoms with Crippen molar-refractivity contribution in [3.63, 3.8) is 0 Å². The van der Waals surface area contributed by atoms with Gasteiger partial charge in [-0.15, -0.1) is 12.3 Å². The second-order valence-electron chi connectivity index (χ2n) is 4.45. The first-order valence-corrected chi connectivity index (χ1v) is 5.80. The Morgan fingerprint density at radius 2 is 2.05 bits per heavy atom. The zero-order chi connectivity index (χ0) is 14.0. The highest BCUT2D eigenvalue weighted by Crippen LogP contribution is 2.29. The smallest absolute Gasteiger partial charge is 0.331 e. The molecule has 0 saturated carbocycles. The summed E-state index contributed by atoms with van der Waals surface area (Å²) in [6.45, 7) is 0.243. The molecule has 19 heavy (non-hydrogen) atoms. The average Bonchev–Trinajstić information content (AvgIpc) is 2.73. The third-order valence-corrected chi connectivity index (χ3v) is 3.15. The van der Waals surface area contributed by atoms with Crippen LogP contribution in [0.5, 0.6) is 5.75 Å². The maximum atomic E-state index is 11.8. The van der Waals surface area contributed by atoms with Crippen LogP contribution in [0, 0.1) is 18.3 Å². The predicted octanol–water partition coefficient (Wildman–Crippen LogP) is 1.000. The lowest BCUT2D eigenvalue weighted by Crippen LogP contribution is -2.35. The van der Waals surface area contributed by atoms with Crippen molar-refractivity contribution in [1.29, 1.82) is 0 Å². The Balaban J connectivity index is 2.32. The summed E-state index contributed by atoms with van der Waals surface area (Å²) in [6.07, 6.45) is 5.46. The van der Waals surface area contributed by atoms with E-state index >= 15 is 0 Å².